The van der Waals surface area contributed by atoms with Gasteiger partial charge in [-0.25, -0.2) is 13.2 Å². The Hall–Kier alpha value is -4.62. The molecule has 2 N–H and O–H groups in total. The number of benzene rings is 3. The zero-order valence-corrected chi connectivity index (χ0v) is 21.0. The van der Waals surface area contributed by atoms with E-state index in [2.05, 4.69) is 10.6 Å². The fourth-order valence-corrected chi connectivity index (χ4v) is 4.76. The van der Waals surface area contributed by atoms with Gasteiger partial charge >= 0.3 is 5.97 Å². The van der Waals surface area contributed by atoms with Crippen LogP contribution in [0, 0.1) is 11.3 Å². The van der Waals surface area contributed by atoms with E-state index in [9.17, 15) is 18.0 Å². The number of anilines is 3. The third-order valence-corrected chi connectivity index (χ3v) is 6.77. The lowest BCUT2D eigenvalue weighted by atomic mass is 9.98. The Morgan fingerprint density at radius 2 is 1.76 bits per heavy atom. The van der Waals surface area contributed by atoms with Crippen LogP contribution in [0.1, 0.15) is 28.4 Å². The first-order chi connectivity index (χ1) is 17.7. The Bertz CT molecular complexity index is 1530. The monoisotopic (exact) mass is 516 g/mol. The van der Waals surface area contributed by atoms with Crippen molar-refractivity contribution in [3.63, 3.8) is 0 Å². The lowest BCUT2D eigenvalue weighted by Gasteiger charge is -2.20. The average Bonchev–Trinajstić information content (AvgIpc) is 3.21. The standard InChI is InChI=1S/C27H24N4O5S/c1-3-36-27(33)19-9-14-23-22(17-19)24(26(32)30-23)25(18-7-5-4-6-8-18)29-20-10-12-21(13-11-20)31(16-15-28)37(2,34)35/h4-14,17,29H,3,16H2,1-2H3,(H,30,32). The number of carbonyl (C=O) groups is 2. The van der Waals surface area contributed by atoms with E-state index in [0.717, 1.165) is 16.1 Å². The van der Waals surface area contributed by atoms with E-state index in [0.29, 0.717) is 39.5 Å². The molecule has 4 rings (SSSR count). The molecule has 0 aliphatic carbocycles. The van der Waals surface area contributed by atoms with Crippen molar-refractivity contribution < 1.29 is 22.7 Å². The second kappa shape index (κ2) is 10.6. The largest absolute Gasteiger partial charge is 0.462 e. The summed E-state index contributed by atoms with van der Waals surface area (Å²) in [7, 11) is -3.64. The molecule has 0 saturated carbocycles. The van der Waals surface area contributed by atoms with Crippen LogP contribution >= 0.6 is 0 Å². The number of rotatable bonds is 8. The van der Waals surface area contributed by atoms with Crippen molar-refractivity contribution in [3.8, 4) is 6.07 Å². The van der Waals surface area contributed by atoms with Crippen molar-refractivity contribution >= 4 is 50.2 Å². The fourth-order valence-electron chi connectivity index (χ4n) is 3.96. The minimum atomic E-state index is -3.64. The molecular weight excluding hydrogens is 492 g/mol. The quantitative estimate of drug-likeness (QED) is 0.262. The summed E-state index contributed by atoms with van der Waals surface area (Å²) >= 11 is 0. The third kappa shape index (κ3) is 5.47. The van der Waals surface area contributed by atoms with Gasteiger partial charge in [0.1, 0.15) is 6.54 Å². The van der Waals surface area contributed by atoms with Gasteiger partial charge in [-0.15, -0.1) is 0 Å². The van der Waals surface area contributed by atoms with E-state index < -0.39 is 16.0 Å². The Balaban J connectivity index is 1.79. The van der Waals surface area contributed by atoms with Gasteiger partial charge in [-0.3, -0.25) is 9.10 Å². The van der Waals surface area contributed by atoms with Gasteiger partial charge in [-0.2, -0.15) is 5.26 Å². The molecule has 0 fully saturated rings. The lowest BCUT2D eigenvalue weighted by Crippen LogP contribution is -2.30. The first kappa shape index (κ1) is 25.5. The van der Waals surface area contributed by atoms with E-state index in [1.165, 1.54) is 0 Å². The van der Waals surface area contributed by atoms with Gasteiger partial charge in [0, 0.05) is 16.9 Å². The lowest BCUT2D eigenvalue weighted by molar-refractivity contribution is -0.110. The number of carbonyl (C=O) groups excluding carboxylic acids is 2. The van der Waals surface area contributed by atoms with E-state index in [1.807, 2.05) is 36.4 Å². The molecule has 188 valence electrons. The van der Waals surface area contributed by atoms with E-state index in [-0.39, 0.29) is 19.1 Å². The van der Waals surface area contributed by atoms with Crippen LogP contribution in [0.5, 0.6) is 0 Å². The molecule has 0 atom stereocenters. The van der Waals surface area contributed by atoms with Crippen LogP contribution in [0.2, 0.25) is 0 Å². The molecule has 0 aromatic heterocycles. The number of nitriles is 1. The van der Waals surface area contributed by atoms with Crippen LogP contribution in [-0.2, 0) is 19.6 Å². The molecule has 0 spiro atoms. The minimum Gasteiger partial charge on any atom is -0.462 e. The third-order valence-electron chi connectivity index (χ3n) is 5.63. The molecule has 0 saturated heterocycles. The highest BCUT2D eigenvalue weighted by Crippen LogP contribution is 2.38. The number of amides is 1. The van der Waals surface area contributed by atoms with Crippen molar-refractivity contribution in [2.45, 2.75) is 6.92 Å². The van der Waals surface area contributed by atoms with Gasteiger partial charge in [0.15, 0.2) is 0 Å². The molecule has 3 aromatic carbocycles. The summed E-state index contributed by atoms with van der Waals surface area (Å²) in [5.74, 6) is -0.821. The van der Waals surface area contributed by atoms with Crippen molar-refractivity contribution in [2.24, 2.45) is 0 Å². The first-order valence-corrected chi connectivity index (χ1v) is 13.2. The zero-order valence-electron chi connectivity index (χ0n) is 20.2. The molecule has 0 radical (unpaired) electrons. The van der Waals surface area contributed by atoms with Gasteiger partial charge in [-0.1, -0.05) is 30.3 Å². The number of hydrogen-bond donors (Lipinski definition) is 2. The summed E-state index contributed by atoms with van der Waals surface area (Å²) in [5, 5.41) is 15.2. The second-order valence-electron chi connectivity index (χ2n) is 8.15. The minimum absolute atomic E-state index is 0.230. The molecule has 1 aliphatic rings. The molecule has 1 heterocycles. The summed E-state index contributed by atoms with van der Waals surface area (Å²) in [6, 6.07) is 22.5. The maximum atomic E-state index is 13.1. The van der Waals surface area contributed by atoms with Crippen molar-refractivity contribution in [2.75, 3.05) is 34.3 Å². The fraction of sp³-hybridized carbons (Fsp3) is 0.148. The Morgan fingerprint density at radius 3 is 2.38 bits per heavy atom. The van der Waals surface area contributed by atoms with Gasteiger partial charge in [0.2, 0.25) is 10.0 Å². The summed E-state index contributed by atoms with van der Waals surface area (Å²) in [4.78, 5) is 25.5. The number of hydrogen-bond acceptors (Lipinski definition) is 7. The van der Waals surface area contributed by atoms with Crippen LogP contribution in [0.3, 0.4) is 0 Å². The topological polar surface area (TPSA) is 129 Å². The predicted molar refractivity (Wildman–Crippen MR) is 142 cm³/mol. The van der Waals surface area contributed by atoms with Crippen molar-refractivity contribution in [3.05, 3.63) is 89.5 Å². The second-order valence-corrected chi connectivity index (χ2v) is 10.1. The Morgan fingerprint density at radius 1 is 1.05 bits per heavy atom. The van der Waals surface area contributed by atoms with Crippen molar-refractivity contribution in [1.29, 1.82) is 5.26 Å². The van der Waals surface area contributed by atoms with Crippen LogP contribution in [0.4, 0.5) is 17.1 Å². The molecule has 3 aromatic rings. The molecule has 9 nitrogen and oxygen atoms in total. The van der Waals surface area contributed by atoms with Crippen LogP contribution < -0.4 is 14.9 Å². The molecular formula is C27H24N4O5S. The highest BCUT2D eigenvalue weighted by atomic mass is 32.2. The Labute approximate surface area is 215 Å². The number of fused-ring (bicyclic) bond motifs is 1. The smallest absolute Gasteiger partial charge is 0.338 e. The molecule has 0 bridgehead atoms. The predicted octanol–water partition coefficient (Wildman–Crippen LogP) is 4.09. The normalized spacial score (nSPS) is 13.7. The number of nitrogens with zero attached hydrogens (tertiary/aromatic N) is 2. The van der Waals surface area contributed by atoms with Crippen LogP contribution in [0.15, 0.2) is 72.8 Å². The van der Waals surface area contributed by atoms with Gasteiger partial charge in [-0.05, 0) is 55.0 Å². The first-order valence-electron chi connectivity index (χ1n) is 11.4. The van der Waals surface area contributed by atoms with Crippen LogP contribution in [-0.4, -0.2) is 39.7 Å². The number of esters is 1. The molecule has 1 amide bonds. The van der Waals surface area contributed by atoms with Gasteiger partial charge < -0.3 is 15.4 Å². The number of sulfonamides is 1. The highest BCUT2D eigenvalue weighted by Gasteiger charge is 2.29. The number of ether oxygens (including phenoxy) is 1. The van der Waals surface area contributed by atoms with E-state index in [4.69, 9.17) is 10.00 Å². The highest BCUT2D eigenvalue weighted by molar-refractivity contribution is 7.92. The van der Waals surface area contributed by atoms with Crippen LogP contribution in [0.25, 0.3) is 11.3 Å². The van der Waals surface area contributed by atoms with Gasteiger partial charge in [0.25, 0.3) is 5.91 Å². The maximum absolute atomic E-state index is 13.1. The summed E-state index contributed by atoms with van der Waals surface area (Å²) in [6.45, 7) is 1.64. The molecule has 37 heavy (non-hydrogen) atoms. The SMILES string of the molecule is CCOC(=O)c1ccc2c(c1)C(=C(Nc1ccc(N(CC#N)S(C)(=O)=O)cc1)c1ccccc1)C(=O)N2. The van der Waals surface area contributed by atoms with Gasteiger partial charge in [0.05, 0.1) is 41.5 Å². The summed E-state index contributed by atoms with van der Waals surface area (Å²) < 4.78 is 30.3. The average molecular weight is 517 g/mol. The van der Waals surface area contributed by atoms with Crippen molar-refractivity contribution in [1.82, 2.24) is 0 Å². The number of nitrogens with one attached hydrogen (secondary N) is 2. The molecule has 10 heteroatoms. The molecule has 0 unspecified atom stereocenters. The maximum Gasteiger partial charge on any atom is 0.338 e. The zero-order chi connectivity index (χ0) is 26.6. The van der Waals surface area contributed by atoms with E-state index >= 15 is 0 Å². The van der Waals surface area contributed by atoms with E-state index in [1.54, 1.807) is 49.4 Å². The summed E-state index contributed by atoms with van der Waals surface area (Å²) in [6.07, 6.45) is 1.04. The Kier molecular flexibility index (Phi) is 7.27. The molecule has 1 aliphatic heterocycles. The summed E-state index contributed by atoms with van der Waals surface area (Å²) in [5.41, 5.74) is 3.95.